The quantitative estimate of drug-likeness (QED) is 0.137. The van der Waals surface area contributed by atoms with E-state index in [1.54, 1.807) is 24.5 Å². The fourth-order valence-corrected chi connectivity index (χ4v) is 7.90. The Morgan fingerprint density at radius 3 is 2.16 bits per heavy atom. The molecular weight excluding hydrogens is 772 g/mol. The van der Waals surface area contributed by atoms with Crippen molar-refractivity contribution in [2.24, 2.45) is 10.7 Å². The number of amides is 2. The largest absolute Gasteiger partial charge is 0.390 e. The van der Waals surface area contributed by atoms with Crippen molar-refractivity contribution in [1.82, 2.24) is 34.1 Å². The molecule has 9 rings (SSSR count). The monoisotopic (exact) mass is 830 g/mol. The normalized spacial score (nSPS) is 17.8. The zero-order chi connectivity index (χ0) is 43.6. The van der Waals surface area contributed by atoms with Gasteiger partial charge in [-0.25, -0.2) is 24.3 Å². The molecule has 9 heterocycles. The van der Waals surface area contributed by atoms with Crippen LogP contribution < -0.4 is 15.5 Å². The first-order valence-corrected chi connectivity index (χ1v) is 21.5. The molecule has 0 saturated carbocycles. The molecule has 15 heteroatoms. The molecule has 0 bridgehead atoms. The molecule has 4 aliphatic rings. The minimum Gasteiger partial charge on any atom is -0.390 e. The predicted molar refractivity (Wildman–Crippen MR) is 238 cm³/mol. The number of imidazole rings is 1. The molecule has 14 nitrogen and oxygen atoms in total. The molecule has 0 spiro atoms. The number of rotatable bonds is 7. The molecule has 0 unspecified atom stereocenters. The maximum Gasteiger partial charge on any atom is 0.223 e. The zero-order valence-corrected chi connectivity index (χ0v) is 35.9. The molecule has 4 aliphatic heterocycles. The topological polar surface area (TPSA) is 165 Å². The van der Waals surface area contributed by atoms with Crippen molar-refractivity contribution in [2.75, 3.05) is 49.1 Å². The summed E-state index contributed by atoms with van der Waals surface area (Å²) in [6.45, 7) is 12.9. The van der Waals surface area contributed by atoms with Gasteiger partial charge in [-0.2, -0.15) is 5.26 Å². The van der Waals surface area contributed by atoms with Gasteiger partial charge in [0.15, 0.2) is 11.6 Å². The van der Waals surface area contributed by atoms with Gasteiger partial charge >= 0.3 is 0 Å². The van der Waals surface area contributed by atoms with Crippen LogP contribution >= 0.6 is 0 Å². The molecule has 0 radical (unpaired) electrons. The number of nitrogens with zero attached hydrogens (tertiary/aromatic N) is 11. The first-order chi connectivity index (χ1) is 29.8. The third kappa shape index (κ3) is 12.3. The smallest absolute Gasteiger partial charge is 0.223 e. The van der Waals surface area contributed by atoms with E-state index >= 15 is 0 Å². The maximum absolute atomic E-state index is 13.6. The first-order valence-electron chi connectivity index (χ1n) is 21.5. The molecular formula is C46H59FN12O2. The Kier molecular flexibility index (Phi) is 17.5. The van der Waals surface area contributed by atoms with E-state index in [4.69, 9.17) is 11.0 Å². The number of aryl methyl sites for hydroxylation is 2. The third-order valence-electron chi connectivity index (χ3n) is 10.8. The van der Waals surface area contributed by atoms with E-state index in [0.29, 0.717) is 49.0 Å². The molecule has 322 valence electrons. The number of hydrogen-bond donors (Lipinski definition) is 1. The molecule has 4 fully saturated rings. The van der Waals surface area contributed by atoms with Crippen LogP contribution in [0.5, 0.6) is 0 Å². The summed E-state index contributed by atoms with van der Waals surface area (Å²) in [5.74, 6) is 1.82. The van der Waals surface area contributed by atoms with Gasteiger partial charge in [0, 0.05) is 100 Å². The van der Waals surface area contributed by atoms with Crippen LogP contribution in [0.2, 0.25) is 0 Å². The number of aromatic nitrogens is 5. The Balaban J connectivity index is 0.000000154. The average Bonchev–Trinajstić information content (AvgIpc) is 4.04. The van der Waals surface area contributed by atoms with Gasteiger partial charge in [-0.15, -0.1) is 0 Å². The van der Waals surface area contributed by atoms with Gasteiger partial charge < -0.3 is 29.7 Å². The number of fused-ring (bicyclic) bond motifs is 3. The lowest BCUT2D eigenvalue weighted by Crippen LogP contribution is -2.51. The van der Waals surface area contributed by atoms with Crippen molar-refractivity contribution in [2.45, 2.75) is 91.1 Å². The minimum absolute atomic E-state index is 0.241. The van der Waals surface area contributed by atoms with Gasteiger partial charge in [0.25, 0.3) is 0 Å². The van der Waals surface area contributed by atoms with Crippen LogP contribution in [0.15, 0.2) is 90.6 Å². The van der Waals surface area contributed by atoms with E-state index in [0.717, 1.165) is 75.4 Å². The summed E-state index contributed by atoms with van der Waals surface area (Å²) >= 11 is 0. The molecule has 61 heavy (non-hydrogen) atoms. The van der Waals surface area contributed by atoms with E-state index in [1.807, 2.05) is 71.3 Å². The van der Waals surface area contributed by atoms with Gasteiger partial charge in [-0.05, 0) is 68.1 Å². The van der Waals surface area contributed by atoms with Crippen molar-refractivity contribution in [1.29, 1.82) is 5.26 Å². The Morgan fingerprint density at radius 1 is 0.836 bits per heavy atom. The predicted octanol–water partition coefficient (Wildman–Crippen LogP) is 6.76. The van der Waals surface area contributed by atoms with Crippen molar-refractivity contribution >= 4 is 41.1 Å². The summed E-state index contributed by atoms with van der Waals surface area (Å²) in [7, 11) is 0. The number of piperazine rings is 2. The molecule has 0 aromatic carbocycles. The first kappa shape index (κ1) is 45.7. The van der Waals surface area contributed by atoms with Crippen LogP contribution in [0.25, 0.3) is 5.65 Å². The lowest BCUT2D eigenvalue weighted by atomic mass is 10.1. The van der Waals surface area contributed by atoms with Crippen LogP contribution in [-0.2, 0) is 22.4 Å². The number of pyridine rings is 4. The standard InChI is InChI=1S/C13H14N4O.C12H14FN3O.C10H12N2.C9H13N3.C2H6/c14-7-10-1-3-12(15-8-10)16-5-6-17-11(9-16)2-4-13(17)18;13-10-7-14-4-3-11(10)15-5-6-16-9(8-15)1-2-12(16)17;1-2-4-9-5-3-6-10-11-7-8-12(9)10;1-2-4-8-5-3-6-9(12-8)11-7-10;1-2/h1,3,8,11H,2,4-6,9H2;3-4,7,9H,1-2,5-6,8H2;3,5-8H,2,4H2,1H3;3,5-7H,2,4H2,1H3,(H2,10,11,12);1-2H3/t11-;9-;;;/m00.../s1. The number of nitrogens with two attached hydrogens (primary N) is 1. The van der Waals surface area contributed by atoms with Crippen molar-refractivity contribution < 1.29 is 14.0 Å². The molecule has 2 amide bonds. The Morgan fingerprint density at radius 2 is 1.52 bits per heavy atom. The highest BCUT2D eigenvalue weighted by Gasteiger charge is 2.37. The summed E-state index contributed by atoms with van der Waals surface area (Å²) in [5.41, 5.74) is 9.78. The van der Waals surface area contributed by atoms with Gasteiger partial charge in [0.1, 0.15) is 17.5 Å². The molecule has 2 N–H and O–H groups in total. The van der Waals surface area contributed by atoms with Crippen LogP contribution in [0.1, 0.15) is 83.2 Å². The summed E-state index contributed by atoms with van der Waals surface area (Å²) in [4.78, 5) is 51.7. The lowest BCUT2D eigenvalue weighted by molar-refractivity contribution is -0.130. The number of hydrogen-bond acceptors (Lipinski definition) is 10. The molecule has 5 aromatic rings. The Labute approximate surface area is 359 Å². The van der Waals surface area contributed by atoms with E-state index in [9.17, 15) is 14.0 Å². The number of carbonyl (C=O) groups excluding carboxylic acids is 2. The average molecular weight is 831 g/mol. The zero-order valence-electron chi connectivity index (χ0n) is 35.9. The van der Waals surface area contributed by atoms with Crippen LogP contribution in [0, 0.1) is 17.1 Å². The fourth-order valence-electron chi connectivity index (χ4n) is 7.90. The molecule has 0 aliphatic carbocycles. The summed E-state index contributed by atoms with van der Waals surface area (Å²) in [6.07, 6.45) is 17.1. The number of carbonyl (C=O) groups is 2. The van der Waals surface area contributed by atoms with Gasteiger partial charge in [-0.1, -0.05) is 52.7 Å². The number of nitriles is 1. The maximum atomic E-state index is 13.6. The van der Waals surface area contributed by atoms with Gasteiger partial charge in [-0.3, -0.25) is 14.6 Å². The van der Waals surface area contributed by atoms with Crippen molar-refractivity contribution in [3.8, 4) is 6.07 Å². The summed E-state index contributed by atoms with van der Waals surface area (Å²) in [5, 5.41) is 8.74. The molecule has 2 atom stereocenters. The summed E-state index contributed by atoms with van der Waals surface area (Å²) < 4.78 is 15.8. The number of halogens is 1. The molecule has 4 saturated heterocycles. The lowest BCUT2D eigenvalue weighted by Gasteiger charge is -2.38. The van der Waals surface area contributed by atoms with Crippen LogP contribution in [0.3, 0.4) is 0 Å². The SMILES string of the molecule is CC.CCCc1cccc(/N=C\N)n1.CCCc1cccc2nccn12.N#Cc1ccc(N2CCN3C(=O)CC[C@H]3C2)nc1.O=C1CC[C@H]2CN(c3ccncc3F)CCN12. The number of anilines is 2. The fraction of sp³-hybridized carbons (Fsp3) is 0.435. The highest BCUT2D eigenvalue weighted by atomic mass is 19.1. The Hall–Kier alpha value is -6.43. The van der Waals surface area contributed by atoms with Crippen molar-refractivity contribution in [3.05, 3.63) is 108 Å². The highest BCUT2D eigenvalue weighted by molar-refractivity contribution is 5.79. The second-order valence-electron chi connectivity index (χ2n) is 14.7. The highest BCUT2D eigenvalue weighted by Crippen LogP contribution is 2.28. The van der Waals surface area contributed by atoms with Gasteiger partial charge in [0.2, 0.25) is 11.8 Å². The number of aliphatic imine (C=N–C) groups is 1. The van der Waals surface area contributed by atoms with Crippen LogP contribution in [-0.4, -0.2) is 104 Å². The van der Waals surface area contributed by atoms with E-state index in [-0.39, 0.29) is 23.7 Å². The van der Waals surface area contributed by atoms with E-state index in [1.165, 1.54) is 24.7 Å². The van der Waals surface area contributed by atoms with E-state index in [2.05, 4.69) is 66.3 Å². The van der Waals surface area contributed by atoms with Crippen molar-refractivity contribution in [3.63, 3.8) is 0 Å². The second-order valence-corrected chi connectivity index (χ2v) is 14.7. The van der Waals surface area contributed by atoms with E-state index < -0.39 is 0 Å². The Bertz CT molecular complexity index is 2220. The second kappa shape index (κ2) is 23.4. The van der Waals surface area contributed by atoms with Crippen LogP contribution in [0.4, 0.5) is 21.7 Å². The van der Waals surface area contributed by atoms with Gasteiger partial charge in [0.05, 0.1) is 23.8 Å². The summed E-state index contributed by atoms with van der Waals surface area (Å²) in [6, 6.07) is 20.0. The third-order valence-corrected chi connectivity index (χ3v) is 10.8. The molecule has 5 aromatic heterocycles. The minimum atomic E-state index is -0.287.